The van der Waals surface area contributed by atoms with Crippen molar-refractivity contribution in [2.24, 2.45) is 10.8 Å². The van der Waals surface area contributed by atoms with Crippen molar-refractivity contribution in [3.8, 4) is 0 Å². The van der Waals surface area contributed by atoms with Gasteiger partial charge < -0.3 is 15.0 Å². The van der Waals surface area contributed by atoms with Crippen LogP contribution in [0.3, 0.4) is 0 Å². The van der Waals surface area contributed by atoms with Crippen molar-refractivity contribution in [2.75, 3.05) is 26.3 Å². The molecule has 0 radical (unpaired) electrons. The average Bonchev–Trinajstić information content (AvgIpc) is 2.62. The van der Waals surface area contributed by atoms with E-state index in [4.69, 9.17) is 4.74 Å². The van der Waals surface area contributed by atoms with E-state index in [0.717, 1.165) is 0 Å². The van der Waals surface area contributed by atoms with E-state index in [1.165, 1.54) is 0 Å². The summed E-state index contributed by atoms with van der Waals surface area (Å²) in [4.78, 5) is 13.8. The number of morpholine rings is 1. The quantitative estimate of drug-likeness (QED) is 0.735. The molecule has 4 heteroatoms. The molecule has 92 valence electrons. The summed E-state index contributed by atoms with van der Waals surface area (Å²) in [7, 11) is 0. The zero-order valence-electron chi connectivity index (χ0n) is 10.7. The monoisotopic (exact) mass is 226 g/mol. The summed E-state index contributed by atoms with van der Waals surface area (Å²) in [5.41, 5.74) is 0.407. The first kappa shape index (κ1) is 11.7. The minimum Gasteiger partial charge on any atom is -0.378 e. The molecule has 1 saturated carbocycles. The Morgan fingerprint density at radius 2 is 1.69 bits per heavy atom. The van der Waals surface area contributed by atoms with Crippen LogP contribution in [0.25, 0.3) is 0 Å². The zero-order valence-corrected chi connectivity index (χ0v) is 10.7. The highest BCUT2D eigenvalue weighted by Gasteiger charge is 2.65. The first-order chi connectivity index (χ1) is 7.37. The summed E-state index contributed by atoms with van der Waals surface area (Å²) >= 11 is 0. The normalized spacial score (nSPS) is 27.6. The van der Waals surface area contributed by atoms with Crippen molar-refractivity contribution in [2.45, 2.75) is 33.7 Å². The fourth-order valence-corrected chi connectivity index (χ4v) is 2.54. The van der Waals surface area contributed by atoms with Crippen LogP contribution in [0.15, 0.2) is 0 Å². The first-order valence-electron chi connectivity index (χ1n) is 6.00. The van der Waals surface area contributed by atoms with Crippen molar-refractivity contribution >= 4 is 6.03 Å². The van der Waals surface area contributed by atoms with Gasteiger partial charge in [0.1, 0.15) is 0 Å². The molecule has 0 aromatic heterocycles. The van der Waals surface area contributed by atoms with Crippen molar-refractivity contribution in [1.29, 1.82) is 0 Å². The molecule has 0 unspecified atom stereocenters. The van der Waals surface area contributed by atoms with Gasteiger partial charge in [0.05, 0.1) is 13.2 Å². The highest BCUT2D eigenvalue weighted by Crippen LogP contribution is 2.62. The van der Waals surface area contributed by atoms with Crippen LogP contribution in [-0.2, 0) is 4.74 Å². The molecule has 2 amide bonds. The maximum absolute atomic E-state index is 12.0. The molecule has 1 heterocycles. The number of amides is 2. The van der Waals surface area contributed by atoms with Crippen LogP contribution in [0, 0.1) is 10.8 Å². The Balaban J connectivity index is 1.89. The van der Waals surface area contributed by atoms with E-state index in [0.29, 0.717) is 26.3 Å². The lowest BCUT2D eigenvalue weighted by Crippen LogP contribution is -2.47. The standard InChI is InChI=1S/C12H22N2O2/c1-11(2)9(12(11,3)4)13-10(15)14-5-7-16-8-6-14/h9H,5-8H2,1-4H3,(H,13,15). The van der Waals surface area contributed by atoms with Gasteiger partial charge in [-0.1, -0.05) is 27.7 Å². The molecule has 0 bridgehead atoms. The van der Waals surface area contributed by atoms with E-state index in [1.54, 1.807) is 0 Å². The number of hydrogen-bond acceptors (Lipinski definition) is 2. The molecular formula is C12H22N2O2. The molecule has 1 aliphatic carbocycles. The number of ether oxygens (including phenoxy) is 1. The van der Waals surface area contributed by atoms with E-state index in [2.05, 4.69) is 33.0 Å². The Hall–Kier alpha value is -0.770. The van der Waals surface area contributed by atoms with Gasteiger partial charge in [0.15, 0.2) is 0 Å². The Morgan fingerprint density at radius 3 is 2.12 bits per heavy atom. The van der Waals surface area contributed by atoms with Gasteiger partial charge in [-0.3, -0.25) is 0 Å². The van der Waals surface area contributed by atoms with Crippen LogP contribution in [0.5, 0.6) is 0 Å². The molecule has 0 aromatic rings. The number of nitrogens with one attached hydrogen (secondary N) is 1. The average molecular weight is 226 g/mol. The Morgan fingerprint density at radius 1 is 1.19 bits per heavy atom. The Bertz CT molecular complexity index is 279. The number of rotatable bonds is 1. The maximum Gasteiger partial charge on any atom is 0.317 e. The van der Waals surface area contributed by atoms with Crippen molar-refractivity contribution in [1.82, 2.24) is 10.2 Å². The van der Waals surface area contributed by atoms with Gasteiger partial charge in [-0.2, -0.15) is 0 Å². The molecule has 2 aliphatic rings. The minimum atomic E-state index is 0.0620. The van der Waals surface area contributed by atoms with Crippen LogP contribution in [0.1, 0.15) is 27.7 Å². The third-order valence-electron chi connectivity index (χ3n) is 4.59. The predicted octanol–water partition coefficient (Wildman–Crippen LogP) is 1.46. The van der Waals surface area contributed by atoms with Crippen LogP contribution in [0.2, 0.25) is 0 Å². The van der Waals surface area contributed by atoms with Gasteiger partial charge in [0.2, 0.25) is 0 Å². The topological polar surface area (TPSA) is 41.6 Å². The van der Waals surface area contributed by atoms with Crippen LogP contribution in [0.4, 0.5) is 4.79 Å². The zero-order chi connectivity index (χ0) is 12.0. The molecule has 1 N–H and O–H groups in total. The number of carbonyl (C=O) groups excluding carboxylic acids is 1. The largest absolute Gasteiger partial charge is 0.378 e. The maximum atomic E-state index is 12.0. The summed E-state index contributed by atoms with van der Waals surface area (Å²) < 4.78 is 5.23. The Kier molecular flexibility index (Phi) is 2.65. The van der Waals surface area contributed by atoms with Crippen molar-refractivity contribution < 1.29 is 9.53 Å². The summed E-state index contributed by atoms with van der Waals surface area (Å²) in [6.45, 7) is 11.6. The smallest absolute Gasteiger partial charge is 0.317 e. The number of urea groups is 1. The second-order valence-electron chi connectivity index (χ2n) is 5.93. The molecule has 0 spiro atoms. The Labute approximate surface area is 97.3 Å². The van der Waals surface area contributed by atoms with Gasteiger partial charge in [0.25, 0.3) is 0 Å². The third kappa shape index (κ3) is 1.69. The van der Waals surface area contributed by atoms with E-state index < -0.39 is 0 Å². The van der Waals surface area contributed by atoms with Crippen molar-refractivity contribution in [3.63, 3.8) is 0 Å². The van der Waals surface area contributed by atoms with Gasteiger partial charge in [-0.05, 0) is 10.8 Å². The molecule has 1 saturated heterocycles. The van der Waals surface area contributed by atoms with Crippen molar-refractivity contribution in [3.05, 3.63) is 0 Å². The minimum absolute atomic E-state index is 0.0620. The lowest BCUT2D eigenvalue weighted by Gasteiger charge is -2.27. The van der Waals surface area contributed by atoms with Gasteiger partial charge in [-0.25, -0.2) is 4.79 Å². The predicted molar refractivity (Wildman–Crippen MR) is 62.3 cm³/mol. The summed E-state index contributed by atoms with van der Waals surface area (Å²) in [5.74, 6) is 0. The van der Waals surface area contributed by atoms with Crippen LogP contribution >= 0.6 is 0 Å². The number of carbonyl (C=O) groups is 1. The highest BCUT2D eigenvalue weighted by atomic mass is 16.5. The van der Waals surface area contributed by atoms with E-state index in [9.17, 15) is 4.79 Å². The van der Waals surface area contributed by atoms with Gasteiger partial charge in [0, 0.05) is 19.1 Å². The number of hydrogen-bond donors (Lipinski definition) is 1. The molecule has 2 rings (SSSR count). The van der Waals surface area contributed by atoms with E-state index in [1.807, 2.05) is 4.90 Å². The highest BCUT2D eigenvalue weighted by molar-refractivity contribution is 5.75. The lowest BCUT2D eigenvalue weighted by molar-refractivity contribution is 0.0528. The molecule has 1 aliphatic heterocycles. The van der Waals surface area contributed by atoms with Crippen LogP contribution in [-0.4, -0.2) is 43.3 Å². The first-order valence-corrected chi connectivity index (χ1v) is 6.00. The van der Waals surface area contributed by atoms with Gasteiger partial charge in [-0.15, -0.1) is 0 Å². The molecule has 4 nitrogen and oxygen atoms in total. The third-order valence-corrected chi connectivity index (χ3v) is 4.59. The molecule has 2 fully saturated rings. The second-order valence-corrected chi connectivity index (χ2v) is 5.93. The second kappa shape index (κ2) is 3.62. The summed E-state index contributed by atoms with van der Waals surface area (Å²) in [5, 5.41) is 3.14. The fraction of sp³-hybridized carbons (Fsp3) is 0.917. The molecule has 16 heavy (non-hydrogen) atoms. The summed E-state index contributed by atoms with van der Waals surface area (Å²) in [6, 6.07) is 0.349. The van der Waals surface area contributed by atoms with Gasteiger partial charge >= 0.3 is 6.03 Å². The molecule has 0 atom stereocenters. The SMILES string of the molecule is CC1(C)C(NC(=O)N2CCOCC2)C1(C)C. The van der Waals surface area contributed by atoms with E-state index >= 15 is 0 Å². The number of nitrogens with zero attached hydrogens (tertiary/aromatic N) is 1. The van der Waals surface area contributed by atoms with E-state index in [-0.39, 0.29) is 22.9 Å². The summed E-state index contributed by atoms with van der Waals surface area (Å²) in [6.07, 6.45) is 0. The molecular weight excluding hydrogens is 204 g/mol. The fourth-order valence-electron chi connectivity index (χ4n) is 2.54. The lowest BCUT2D eigenvalue weighted by atomic mass is 10.0. The molecule has 0 aromatic carbocycles. The van der Waals surface area contributed by atoms with Crippen LogP contribution < -0.4 is 5.32 Å².